The molecule has 0 fully saturated rings. The van der Waals surface area contributed by atoms with Gasteiger partial charge in [0.15, 0.2) is 5.75 Å². The molecular weight excluding hydrogens is 452 g/mol. The minimum absolute atomic E-state index is 0.00540. The Labute approximate surface area is 179 Å². The largest absolute Gasteiger partial charge is 0.494 e. The van der Waals surface area contributed by atoms with Crippen LogP contribution in [0.1, 0.15) is 20.7 Å². The maximum absolute atomic E-state index is 11.0. The minimum Gasteiger partial charge on any atom is -0.494 e. The van der Waals surface area contributed by atoms with Gasteiger partial charge in [0.25, 0.3) is 0 Å². The maximum atomic E-state index is 11.0. The second kappa shape index (κ2) is 9.30. The Morgan fingerprint density at radius 3 is 1.96 bits per heavy atom. The number of halogens is 4. The lowest BCUT2D eigenvalue weighted by atomic mass is 10.1. The van der Waals surface area contributed by atoms with E-state index in [0.29, 0.717) is 15.9 Å². The molecular formula is C18H11Cl4NO5. The second-order valence-electron chi connectivity index (χ2n) is 5.20. The molecule has 1 heterocycles. The van der Waals surface area contributed by atoms with Gasteiger partial charge in [0.1, 0.15) is 11.1 Å². The van der Waals surface area contributed by atoms with E-state index in [9.17, 15) is 9.59 Å². The van der Waals surface area contributed by atoms with E-state index >= 15 is 0 Å². The molecule has 1 aromatic heterocycles. The molecule has 0 bridgehead atoms. The third kappa shape index (κ3) is 4.77. The molecule has 2 N–H and O–H groups in total. The molecule has 0 aliphatic rings. The number of carbonyl (C=O) groups is 2. The maximum Gasteiger partial charge on any atom is 0.341 e. The highest BCUT2D eigenvalue weighted by Gasteiger charge is 2.18. The zero-order chi connectivity index (χ0) is 21.0. The molecule has 0 spiro atoms. The number of hydrogen-bond donors (Lipinski definition) is 2. The lowest BCUT2D eigenvalue weighted by molar-refractivity contribution is 0.0685. The summed E-state index contributed by atoms with van der Waals surface area (Å²) in [4.78, 5) is 25.7. The first-order valence-corrected chi connectivity index (χ1v) is 8.90. The number of benzene rings is 2. The highest BCUT2D eigenvalue weighted by molar-refractivity contribution is 6.37. The Balaban J connectivity index is 0.000000203. The molecule has 3 rings (SSSR count). The molecule has 6 nitrogen and oxygen atoms in total. The topological polar surface area (TPSA) is 96.7 Å². The van der Waals surface area contributed by atoms with Crippen molar-refractivity contribution in [3.8, 4) is 5.75 Å². The summed E-state index contributed by atoms with van der Waals surface area (Å²) in [5, 5.41) is 19.4. The van der Waals surface area contributed by atoms with Crippen LogP contribution in [0.5, 0.6) is 5.75 Å². The predicted molar refractivity (Wildman–Crippen MR) is 109 cm³/mol. The number of fused-ring (bicyclic) bond motifs is 1. The molecule has 2 aromatic carbocycles. The fourth-order valence-electron chi connectivity index (χ4n) is 2.29. The molecule has 0 saturated heterocycles. The van der Waals surface area contributed by atoms with E-state index in [2.05, 4.69) is 4.98 Å². The number of nitrogens with zero attached hydrogens (tertiary/aromatic N) is 1. The second-order valence-corrected chi connectivity index (χ2v) is 6.85. The summed E-state index contributed by atoms with van der Waals surface area (Å²) in [6.45, 7) is 0. The predicted octanol–water partition coefficient (Wildman–Crippen LogP) is 5.94. The van der Waals surface area contributed by atoms with E-state index in [1.165, 1.54) is 31.5 Å². The quantitative estimate of drug-likeness (QED) is 0.499. The first-order chi connectivity index (χ1) is 13.2. The Kier molecular flexibility index (Phi) is 7.32. The molecule has 0 radical (unpaired) electrons. The lowest BCUT2D eigenvalue weighted by Crippen LogP contribution is -2.01. The van der Waals surface area contributed by atoms with Crippen molar-refractivity contribution in [3.63, 3.8) is 0 Å². The van der Waals surface area contributed by atoms with Crippen LogP contribution in [0.2, 0.25) is 20.1 Å². The van der Waals surface area contributed by atoms with Gasteiger partial charge in [-0.1, -0.05) is 52.5 Å². The lowest BCUT2D eigenvalue weighted by Gasteiger charge is -2.07. The van der Waals surface area contributed by atoms with E-state index in [1.54, 1.807) is 12.1 Å². The summed E-state index contributed by atoms with van der Waals surface area (Å²) in [5.41, 5.74) is 0.238. The Morgan fingerprint density at radius 1 is 0.893 bits per heavy atom. The number of methoxy groups -OCH3 is 1. The smallest absolute Gasteiger partial charge is 0.341 e. The first-order valence-electron chi connectivity index (χ1n) is 7.39. The zero-order valence-electron chi connectivity index (χ0n) is 14.0. The average Bonchev–Trinajstić information content (AvgIpc) is 2.63. The fourth-order valence-corrected chi connectivity index (χ4v) is 3.15. The van der Waals surface area contributed by atoms with Gasteiger partial charge >= 0.3 is 11.9 Å². The average molecular weight is 463 g/mol. The van der Waals surface area contributed by atoms with Crippen LogP contribution >= 0.6 is 46.4 Å². The molecule has 0 aliphatic carbocycles. The number of aromatic nitrogens is 1. The zero-order valence-corrected chi connectivity index (χ0v) is 17.1. The first kappa shape index (κ1) is 22.0. The molecule has 0 atom stereocenters. The van der Waals surface area contributed by atoms with Crippen LogP contribution in [0.25, 0.3) is 10.9 Å². The van der Waals surface area contributed by atoms with Crippen LogP contribution in [0.15, 0.2) is 36.5 Å². The number of ether oxygens (including phenoxy) is 1. The van der Waals surface area contributed by atoms with Crippen LogP contribution < -0.4 is 4.74 Å². The Hall–Kier alpha value is -2.25. The Morgan fingerprint density at radius 2 is 1.43 bits per heavy atom. The highest BCUT2D eigenvalue weighted by Crippen LogP contribution is 2.33. The number of rotatable bonds is 3. The van der Waals surface area contributed by atoms with Crippen molar-refractivity contribution in [1.82, 2.24) is 4.98 Å². The standard InChI is InChI=1S/C10H5Cl2NO2.C8H6Cl2O3/c11-6-3-5-1-2-7(12)8(10(14)15)9(5)13-4-6;1-13-7-5(10)3-2-4(9)6(7)8(11)12/h1-4H,(H,14,15);2-3H,1H3,(H,11,12). The third-order valence-electron chi connectivity index (χ3n) is 3.46. The number of aromatic carboxylic acids is 2. The van der Waals surface area contributed by atoms with Crippen LogP contribution in [-0.2, 0) is 0 Å². The Bertz CT molecular complexity index is 1070. The van der Waals surface area contributed by atoms with Gasteiger partial charge in [0.2, 0.25) is 0 Å². The van der Waals surface area contributed by atoms with Crippen LogP contribution in [-0.4, -0.2) is 34.2 Å². The monoisotopic (exact) mass is 461 g/mol. The van der Waals surface area contributed by atoms with Crippen molar-refractivity contribution in [3.05, 3.63) is 67.7 Å². The van der Waals surface area contributed by atoms with Crippen molar-refractivity contribution in [1.29, 1.82) is 0 Å². The van der Waals surface area contributed by atoms with Crippen molar-refractivity contribution < 1.29 is 24.5 Å². The van der Waals surface area contributed by atoms with Crippen molar-refractivity contribution in [2.24, 2.45) is 0 Å². The van der Waals surface area contributed by atoms with Crippen molar-refractivity contribution in [2.75, 3.05) is 7.11 Å². The van der Waals surface area contributed by atoms with Crippen LogP contribution in [0.4, 0.5) is 0 Å². The molecule has 0 amide bonds. The van der Waals surface area contributed by atoms with Crippen LogP contribution in [0, 0.1) is 0 Å². The number of pyridine rings is 1. The molecule has 0 aliphatic heterocycles. The molecule has 146 valence electrons. The molecule has 10 heteroatoms. The van der Waals surface area contributed by atoms with E-state index in [-0.39, 0.29) is 31.9 Å². The number of carboxylic acid groups (broad SMARTS) is 2. The summed E-state index contributed by atoms with van der Waals surface area (Å²) in [6.07, 6.45) is 1.40. The molecule has 0 saturated carbocycles. The highest BCUT2D eigenvalue weighted by atomic mass is 35.5. The summed E-state index contributed by atoms with van der Waals surface area (Å²) in [5.74, 6) is -2.17. The van der Waals surface area contributed by atoms with Gasteiger partial charge in [-0.15, -0.1) is 0 Å². The van der Waals surface area contributed by atoms with Gasteiger partial charge in [-0.3, -0.25) is 4.98 Å². The van der Waals surface area contributed by atoms with E-state index in [0.717, 1.165) is 0 Å². The molecule has 28 heavy (non-hydrogen) atoms. The summed E-state index contributed by atoms with van der Waals surface area (Å²) in [6, 6.07) is 7.74. The van der Waals surface area contributed by atoms with Gasteiger partial charge in [-0.25, -0.2) is 9.59 Å². The van der Waals surface area contributed by atoms with E-state index in [4.69, 9.17) is 61.4 Å². The van der Waals surface area contributed by atoms with E-state index in [1.807, 2.05) is 0 Å². The third-order valence-corrected chi connectivity index (χ3v) is 4.59. The number of carboxylic acids is 2. The van der Waals surface area contributed by atoms with Gasteiger partial charge in [0, 0.05) is 11.6 Å². The summed E-state index contributed by atoms with van der Waals surface area (Å²) < 4.78 is 4.82. The van der Waals surface area contributed by atoms with Gasteiger partial charge < -0.3 is 14.9 Å². The normalized spacial score (nSPS) is 10.2. The van der Waals surface area contributed by atoms with E-state index < -0.39 is 11.9 Å². The molecule has 3 aromatic rings. The van der Waals surface area contributed by atoms with Crippen LogP contribution in [0.3, 0.4) is 0 Å². The fraction of sp³-hybridized carbons (Fsp3) is 0.0556. The summed E-state index contributed by atoms with van der Waals surface area (Å²) in [7, 11) is 1.34. The van der Waals surface area contributed by atoms with Gasteiger partial charge in [-0.2, -0.15) is 0 Å². The molecule has 0 unspecified atom stereocenters. The summed E-state index contributed by atoms with van der Waals surface area (Å²) >= 11 is 22.9. The minimum atomic E-state index is -1.16. The number of hydrogen-bond acceptors (Lipinski definition) is 4. The van der Waals surface area contributed by atoms with Crippen molar-refractivity contribution in [2.45, 2.75) is 0 Å². The SMILES string of the molecule is COc1c(Cl)ccc(Cl)c1C(=O)O.O=C(O)c1c(Cl)ccc2cc(Cl)cnc12. The van der Waals surface area contributed by atoms with Gasteiger partial charge in [0.05, 0.1) is 32.7 Å². The van der Waals surface area contributed by atoms with Crippen molar-refractivity contribution >= 4 is 69.2 Å². The van der Waals surface area contributed by atoms with Gasteiger partial charge in [-0.05, 0) is 24.3 Å².